The van der Waals surface area contributed by atoms with E-state index in [-0.39, 0.29) is 24.2 Å². The van der Waals surface area contributed by atoms with E-state index < -0.39 is 8.07 Å². The minimum Gasteiger partial charge on any atom is -0.456 e. The van der Waals surface area contributed by atoms with E-state index in [9.17, 15) is 1.37 Å². The van der Waals surface area contributed by atoms with Gasteiger partial charge in [-0.25, -0.2) is 0 Å². The Morgan fingerprint density at radius 2 is 0.948 bits per heavy atom. The van der Waals surface area contributed by atoms with Crippen LogP contribution in [0, 0.1) is 0 Å². The summed E-state index contributed by atoms with van der Waals surface area (Å²) in [6, 6.07) is 67.9. The molecule has 0 saturated carbocycles. The third kappa shape index (κ3) is 4.61. The van der Waals surface area contributed by atoms with E-state index in [0.29, 0.717) is 16.5 Å². The van der Waals surface area contributed by atoms with Crippen LogP contribution in [-0.4, -0.2) is 17.2 Å². The highest BCUT2D eigenvalue weighted by Gasteiger charge is 2.41. The Kier molecular flexibility index (Phi) is 6.39. The maximum atomic E-state index is 9.37. The molecule has 0 aliphatic rings. The number of aromatic nitrogens is 2. The van der Waals surface area contributed by atoms with Crippen LogP contribution in [0.1, 0.15) is 5.48 Å². The third-order valence-electron chi connectivity index (χ3n) is 12.0. The molecule has 0 N–H and O–H groups in total. The Morgan fingerprint density at radius 1 is 0.397 bits per heavy atom. The predicted molar refractivity (Wildman–Crippen MR) is 246 cm³/mol. The van der Waals surface area contributed by atoms with Gasteiger partial charge in [0.05, 0.1) is 38.6 Å². The number of hydrogen-bond donors (Lipinski definition) is 0. The largest absolute Gasteiger partial charge is 0.456 e. The van der Waals surface area contributed by atoms with E-state index >= 15 is 0 Å². The second-order valence-electron chi connectivity index (χ2n) is 14.9. The van der Waals surface area contributed by atoms with Gasteiger partial charge in [0, 0.05) is 38.7 Å². The molecule has 0 fully saturated rings. The summed E-state index contributed by atoms with van der Waals surface area (Å²) in [4.78, 5) is 0. The third-order valence-corrected chi connectivity index (χ3v) is 16.7. The quantitative estimate of drug-likeness (QED) is 0.122. The van der Waals surface area contributed by atoms with Gasteiger partial charge in [0.2, 0.25) is 0 Å². The highest BCUT2D eigenvalue weighted by atomic mass is 28.3. The van der Waals surface area contributed by atoms with Gasteiger partial charge in [0.1, 0.15) is 11.2 Å². The summed E-state index contributed by atoms with van der Waals surface area (Å²) in [7, 11) is -2.91. The molecule has 0 radical (unpaired) electrons. The minimum atomic E-state index is -2.91. The maximum Gasteiger partial charge on any atom is 0.179 e. The van der Waals surface area contributed by atoms with Crippen molar-refractivity contribution in [3.63, 3.8) is 0 Å². The topological polar surface area (TPSA) is 23.0 Å². The molecule has 4 heteroatoms. The van der Waals surface area contributed by atoms with Gasteiger partial charge in [-0.3, -0.25) is 0 Å². The van der Waals surface area contributed by atoms with E-state index in [1.165, 1.54) is 20.7 Å². The van der Waals surface area contributed by atoms with Crippen molar-refractivity contribution in [1.29, 1.82) is 0 Å². The second kappa shape index (κ2) is 12.8. The molecule has 58 heavy (non-hydrogen) atoms. The van der Waals surface area contributed by atoms with Crippen molar-refractivity contribution in [2.24, 2.45) is 0 Å². The summed E-state index contributed by atoms with van der Waals surface area (Å²) in [5.41, 5.74) is 6.40. The highest BCUT2D eigenvalue weighted by Crippen LogP contribution is 2.45. The molecule has 12 aromatic rings. The number of para-hydroxylation sites is 4. The molecule has 0 aliphatic carbocycles. The van der Waals surface area contributed by atoms with Gasteiger partial charge >= 0.3 is 0 Å². The van der Waals surface area contributed by atoms with Crippen molar-refractivity contribution in [2.45, 2.75) is 0 Å². The maximum absolute atomic E-state index is 9.37. The molecule has 3 nitrogen and oxygen atoms in total. The van der Waals surface area contributed by atoms with E-state index in [1.807, 2.05) is 47.0 Å². The second-order valence-corrected chi connectivity index (χ2v) is 18.7. The van der Waals surface area contributed by atoms with Crippen molar-refractivity contribution in [3.05, 3.63) is 218 Å². The fraction of sp³-hybridized carbons (Fsp3) is 0. The molecule has 272 valence electrons. The van der Waals surface area contributed by atoms with Crippen molar-refractivity contribution >= 4 is 94.4 Å². The fourth-order valence-corrected chi connectivity index (χ4v) is 14.4. The van der Waals surface area contributed by atoms with Gasteiger partial charge in [-0.05, 0) is 57.1 Å². The van der Waals surface area contributed by atoms with Gasteiger partial charge in [0.25, 0.3) is 0 Å². The van der Waals surface area contributed by atoms with Crippen LogP contribution in [0.4, 0.5) is 0 Å². The first kappa shape index (κ1) is 28.9. The molecule has 3 heterocycles. The Balaban J connectivity index is 1.26. The lowest BCUT2D eigenvalue weighted by Gasteiger charge is -2.34. The first-order chi connectivity index (χ1) is 30.5. The molecule has 0 unspecified atom stereocenters. The average molecular weight is 761 g/mol. The van der Waals surface area contributed by atoms with Gasteiger partial charge < -0.3 is 13.6 Å². The zero-order chi connectivity index (χ0) is 41.7. The molecule has 0 aliphatic heterocycles. The summed E-state index contributed by atoms with van der Waals surface area (Å²) in [5, 5.41) is 10.3. The van der Waals surface area contributed by atoms with Crippen LogP contribution in [0.5, 0.6) is 0 Å². The van der Waals surface area contributed by atoms with E-state index in [1.54, 1.807) is 0 Å². The van der Waals surface area contributed by atoms with E-state index in [4.69, 9.17) is 8.53 Å². The Hall–Kier alpha value is -7.40. The Bertz CT molecular complexity index is 3650. The molecule has 0 bridgehead atoms. The van der Waals surface area contributed by atoms with Crippen LogP contribution < -0.4 is 20.7 Å². The van der Waals surface area contributed by atoms with Gasteiger partial charge in [-0.2, -0.15) is 0 Å². The monoisotopic (exact) mass is 760 g/mol. The standard InChI is InChI=1S/C54H36N2OSi/c1-4-20-38(21-5-1)58(39-22-6-2-7-23-39,40-24-8-3-9-25-40)41-26-18-19-37(35-41)55-48-33-16-12-29-44(48)52-49(36-51-53(54(52)55)45-30-13-17-34-50(45)57-51)56-46-31-14-10-27-42(46)43-28-11-15-32-47(43)56/h1-36H/i10D,14D,27D,31D. The Labute approximate surface area is 341 Å². The zero-order valence-electron chi connectivity index (χ0n) is 35.3. The lowest BCUT2D eigenvalue weighted by atomic mass is 10.1. The average Bonchev–Trinajstić information content (AvgIpc) is 3.99. The van der Waals surface area contributed by atoms with Crippen LogP contribution in [0.3, 0.4) is 0 Å². The van der Waals surface area contributed by atoms with Crippen LogP contribution in [0.25, 0.3) is 76.9 Å². The van der Waals surface area contributed by atoms with Crippen LogP contribution in [0.15, 0.2) is 223 Å². The van der Waals surface area contributed by atoms with Crippen LogP contribution in [0.2, 0.25) is 0 Å². The summed E-state index contributed by atoms with van der Waals surface area (Å²) < 4.78 is 47.2. The van der Waals surface area contributed by atoms with Crippen LogP contribution >= 0.6 is 0 Å². The molecular weight excluding hydrogens is 721 g/mol. The lowest BCUT2D eigenvalue weighted by Crippen LogP contribution is -2.74. The van der Waals surface area contributed by atoms with Crippen molar-refractivity contribution in [2.75, 3.05) is 0 Å². The van der Waals surface area contributed by atoms with Gasteiger partial charge in [-0.1, -0.05) is 176 Å². The summed E-state index contributed by atoms with van der Waals surface area (Å²) in [6.45, 7) is 0. The number of nitrogens with zero attached hydrogens (tertiary/aromatic N) is 2. The molecule has 3 aromatic heterocycles. The lowest BCUT2D eigenvalue weighted by molar-refractivity contribution is 0.669. The molecule has 9 aromatic carbocycles. The molecule has 12 rings (SSSR count). The normalized spacial score (nSPS) is 13.1. The number of benzene rings is 9. The predicted octanol–water partition coefficient (Wildman–Crippen LogP) is 11.2. The summed E-state index contributed by atoms with van der Waals surface area (Å²) in [6.07, 6.45) is 0. The van der Waals surface area contributed by atoms with E-state index in [2.05, 4.69) is 156 Å². The fourth-order valence-electron chi connectivity index (χ4n) is 9.65. The van der Waals surface area contributed by atoms with Crippen molar-refractivity contribution in [1.82, 2.24) is 9.13 Å². The summed E-state index contributed by atoms with van der Waals surface area (Å²) >= 11 is 0. The van der Waals surface area contributed by atoms with Gasteiger partial charge in [-0.15, -0.1) is 0 Å². The molecule has 0 spiro atoms. The molecule has 0 saturated heterocycles. The van der Waals surface area contributed by atoms with E-state index in [0.717, 1.165) is 60.4 Å². The highest BCUT2D eigenvalue weighted by molar-refractivity contribution is 7.19. The SMILES string of the molecule is [2H]c1c([2H])c([2H])c2c(c1[2H])c1ccccc1n2-c1cc2oc3ccccc3c2c2c1c1ccccc1n2-c1cccc([Si](c2ccccc2)(c2ccccc2)c2ccccc2)c1. The first-order valence-electron chi connectivity index (χ1n) is 21.6. The zero-order valence-corrected chi connectivity index (χ0v) is 32.3. The number of furan rings is 1. The number of fused-ring (bicyclic) bond motifs is 10. The Morgan fingerprint density at radius 3 is 1.64 bits per heavy atom. The first-order valence-corrected chi connectivity index (χ1v) is 21.6. The van der Waals surface area contributed by atoms with Crippen molar-refractivity contribution < 1.29 is 9.90 Å². The summed E-state index contributed by atoms with van der Waals surface area (Å²) in [5.74, 6) is 0. The van der Waals surface area contributed by atoms with Crippen LogP contribution in [-0.2, 0) is 0 Å². The van der Waals surface area contributed by atoms with Crippen molar-refractivity contribution in [3.8, 4) is 11.4 Å². The number of rotatable bonds is 6. The number of hydrogen-bond acceptors (Lipinski definition) is 1. The molecule has 0 amide bonds. The smallest absolute Gasteiger partial charge is 0.179 e. The molecular formula is C54H36N2OSi. The minimum absolute atomic E-state index is 0.0563. The van der Waals surface area contributed by atoms with Gasteiger partial charge in [0.15, 0.2) is 8.07 Å². The molecule has 0 atom stereocenters.